The summed E-state index contributed by atoms with van der Waals surface area (Å²) in [6.07, 6.45) is -4.76. The maximum Gasteiger partial charge on any atom is 0.573 e. The summed E-state index contributed by atoms with van der Waals surface area (Å²) in [5.74, 6) is -1.02. The number of aliphatic hydroxyl groups excluding tert-OH is 2. The van der Waals surface area contributed by atoms with Gasteiger partial charge < -0.3 is 29.5 Å². The van der Waals surface area contributed by atoms with Crippen LogP contribution in [0.1, 0.15) is 60.8 Å². The standard InChI is InChI=1S/2C27H27F3N2O4S/c2*28-27(29,30)36-20-14-16-21(17-15-20)37(34,35)31-22-8-5-11-25(26(22)33)32-23-9-3-1-6-18(23)12-13-19-7-2-4-10-24(19)32/h2*1-4,6-7,9-10,14-17,22,25-26,31,33H,5,8,11-13H2/t2*22-,25+,26+/m10/s1. The van der Waals surface area contributed by atoms with E-state index in [0.29, 0.717) is 38.5 Å². The number of benzene rings is 6. The molecule has 6 atom stereocenters. The first kappa shape index (κ1) is 52.7. The van der Waals surface area contributed by atoms with Crippen molar-refractivity contribution in [2.24, 2.45) is 0 Å². The van der Waals surface area contributed by atoms with Crippen molar-refractivity contribution in [1.82, 2.24) is 9.44 Å². The number of halogens is 6. The molecule has 4 aliphatic rings. The maximum absolute atomic E-state index is 13.1. The normalized spacial score (nSPS) is 22.1. The molecular weight excluding hydrogens is 1010 g/mol. The van der Waals surface area contributed by atoms with Gasteiger partial charge in [0.2, 0.25) is 20.0 Å². The Bertz CT molecular complexity index is 2840. The van der Waals surface area contributed by atoms with E-state index in [0.717, 1.165) is 119 Å². The summed E-state index contributed by atoms with van der Waals surface area (Å²) >= 11 is 0. The second-order valence-electron chi connectivity index (χ2n) is 18.7. The van der Waals surface area contributed by atoms with Gasteiger partial charge in [-0.2, -0.15) is 0 Å². The van der Waals surface area contributed by atoms with Gasteiger partial charge in [0.25, 0.3) is 0 Å². The zero-order valence-electron chi connectivity index (χ0n) is 39.7. The van der Waals surface area contributed by atoms with Crippen LogP contribution in [0.5, 0.6) is 11.5 Å². The number of nitrogens with one attached hydrogen (secondary N) is 2. The van der Waals surface area contributed by atoms with Crippen LogP contribution < -0.4 is 28.7 Å². The third kappa shape index (κ3) is 12.0. The number of aryl methyl sites for hydroxylation is 4. The molecule has 6 aromatic carbocycles. The smallest absolute Gasteiger partial charge is 0.406 e. The van der Waals surface area contributed by atoms with Gasteiger partial charge in [0.1, 0.15) is 11.5 Å². The average molecular weight is 1070 g/mol. The molecule has 2 heterocycles. The number of para-hydroxylation sites is 4. The summed E-state index contributed by atoms with van der Waals surface area (Å²) in [5, 5.41) is 23.0. The summed E-state index contributed by atoms with van der Waals surface area (Å²) < 4.78 is 140. The fourth-order valence-electron chi connectivity index (χ4n) is 10.7. The minimum Gasteiger partial charge on any atom is -0.406 e. The lowest BCUT2D eigenvalue weighted by molar-refractivity contribution is -0.275. The number of sulfonamides is 2. The van der Waals surface area contributed by atoms with Gasteiger partial charge in [-0.25, -0.2) is 26.3 Å². The molecule has 12 nitrogen and oxygen atoms in total. The Morgan fingerprint density at radius 2 is 0.716 bits per heavy atom. The van der Waals surface area contributed by atoms with Gasteiger partial charge in [0.05, 0.1) is 46.2 Å². The van der Waals surface area contributed by atoms with Crippen LogP contribution in [0.2, 0.25) is 0 Å². The Balaban J connectivity index is 0.000000182. The number of nitrogens with zero attached hydrogens (tertiary/aromatic N) is 2. The van der Waals surface area contributed by atoms with Gasteiger partial charge in [-0.3, -0.25) is 0 Å². The minimum absolute atomic E-state index is 0.207. The topological polar surface area (TPSA) is 158 Å². The number of fused-ring (bicyclic) bond motifs is 4. The van der Waals surface area contributed by atoms with E-state index in [1.165, 1.54) is 0 Å². The Morgan fingerprint density at radius 3 is 1.00 bits per heavy atom. The molecule has 2 aliphatic carbocycles. The predicted octanol–water partition coefficient (Wildman–Crippen LogP) is 10.2. The van der Waals surface area contributed by atoms with E-state index in [-0.39, 0.29) is 21.9 Å². The second kappa shape index (κ2) is 21.6. The van der Waals surface area contributed by atoms with E-state index >= 15 is 0 Å². The zero-order chi connectivity index (χ0) is 52.4. The van der Waals surface area contributed by atoms with Crippen LogP contribution in [-0.4, -0.2) is 76.1 Å². The lowest BCUT2D eigenvalue weighted by atomic mass is 9.86. The molecule has 392 valence electrons. The molecular formula is C54H54F6N4O8S2. The summed E-state index contributed by atoms with van der Waals surface area (Å²) in [6, 6.07) is 38.0. The number of hydrogen-bond acceptors (Lipinski definition) is 10. The molecule has 0 saturated heterocycles. The van der Waals surface area contributed by atoms with Gasteiger partial charge in [-0.05, 0) is 159 Å². The zero-order valence-corrected chi connectivity index (χ0v) is 41.3. The molecule has 0 spiro atoms. The molecule has 0 radical (unpaired) electrons. The highest BCUT2D eigenvalue weighted by Gasteiger charge is 2.42. The van der Waals surface area contributed by atoms with Crippen LogP contribution >= 0.6 is 0 Å². The summed E-state index contributed by atoms with van der Waals surface area (Å²) in [7, 11) is -8.20. The number of aliphatic hydroxyl groups is 2. The third-order valence-corrected chi connectivity index (χ3v) is 17.0. The van der Waals surface area contributed by atoms with Crippen LogP contribution in [0.15, 0.2) is 155 Å². The molecule has 2 aliphatic heterocycles. The molecule has 20 heteroatoms. The number of ether oxygens (including phenoxy) is 2. The minimum atomic E-state index is -4.87. The largest absolute Gasteiger partial charge is 0.573 e. The van der Waals surface area contributed by atoms with Crippen molar-refractivity contribution in [2.75, 3.05) is 9.80 Å². The van der Waals surface area contributed by atoms with Crippen molar-refractivity contribution in [3.8, 4) is 11.5 Å². The summed E-state index contributed by atoms with van der Waals surface area (Å²) in [5.41, 5.74) is 8.65. The molecule has 4 N–H and O–H groups in total. The number of alkyl halides is 6. The average Bonchev–Trinajstić information content (AvgIpc) is 3.63. The molecule has 6 aromatic rings. The van der Waals surface area contributed by atoms with Crippen LogP contribution in [0.25, 0.3) is 0 Å². The quantitative estimate of drug-likeness (QED) is 0.0974. The van der Waals surface area contributed by atoms with E-state index in [2.05, 4.69) is 53.0 Å². The van der Waals surface area contributed by atoms with E-state index in [9.17, 15) is 53.4 Å². The van der Waals surface area contributed by atoms with Crippen LogP contribution in [-0.2, 0) is 45.7 Å². The van der Waals surface area contributed by atoms with Crippen molar-refractivity contribution in [3.05, 3.63) is 168 Å². The lowest BCUT2D eigenvalue weighted by Crippen LogP contribution is -2.55. The van der Waals surface area contributed by atoms with Crippen molar-refractivity contribution in [2.45, 2.75) is 123 Å². The monoisotopic (exact) mass is 1060 g/mol. The van der Waals surface area contributed by atoms with Gasteiger partial charge in [-0.1, -0.05) is 72.8 Å². The predicted molar refractivity (Wildman–Crippen MR) is 267 cm³/mol. The fourth-order valence-corrected chi connectivity index (χ4v) is 13.2. The Labute approximate surface area is 425 Å². The van der Waals surface area contributed by atoms with Gasteiger partial charge in [0.15, 0.2) is 0 Å². The molecule has 0 unspecified atom stereocenters. The van der Waals surface area contributed by atoms with Crippen LogP contribution in [0, 0.1) is 0 Å². The van der Waals surface area contributed by atoms with Crippen molar-refractivity contribution >= 4 is 42.8 Å². The highest BCUT2D eigenvalue weighted by atomic mass is 32.2. The molecule has 74 heavy (non-hydrogen) atoms. The van der Waals surface area contributed by atoms with Crippen LogP contribution in [0.3, 0.4) is 0 Å². The molecule has 2 saturated carbocycles. The van der Waals surface area contributed by atoms with E-state index in [1.807, 2.05) is 72.8 Å². The number of hydrogen-bond donors (Lipinski definition) is 4. The Morgan fingerprint density at radius 1 is 0.432 bits per heavy atom. The molecule has 0 amide bonds. The first-order chi connectivity index (χ1) is 35.2. The lowest BCUT2D eigenvalue weighted by Gasteiger charge is -2.43. The maximum atomic E-state index is 13.1. The second-order valence-corrected chi connectivity index (χ2v) is 22.2. The van der Waals surface area contributed by atoms with Gasteiger partial charge >= 0.3 is 12.7 Å². The first-order valence-electron chi connectivity index (χ1n) is 24.3. The van der Waals surface area contributed by atoms with E-state index < -0.39 is 68.6 Å². The fraction of sp³-hybridized carbons (Fsp3) is 0.333. The highest BCUT2D eigenvalue weighted by Crippen LogP contribution is 2.43. The number of rotatable bonds is 10. The molecule has 0 aromatic heterocycles. The van der Waals surface area contributed by atoms with Gasteiger partial charge in [0, 0.05) is 22.7 Å². The van der Waals surface area contributed by atoms with Crippen LogP contribution in [0.4, 0.5) is 49.1 Å². The van der Waals surface area contributed by atoms with E-state index in [4.69, 9.17) is 0 Å². The van der Waals surface area contributed by atoms with E-state index in [1.54, 1.807) is 0 Å². The van der Waals surface area contributed by atoms with Crippen molar-refractivity contribution in [3.63, 3.8) is 0 Å². The van der Waals surface area contributed by atoms with Crippen molar-refractivity contribution < 1.29 is 62.9 Å². The summed E-state index contributed by atoms with van der Waals surface area (Å²) in [4.78, 5) is 3.88. The summed E-state index contributed by atoms with van der Waals surface area (Å²) in [6.45, 7) is 0. The highest BCUT2D eigenvalue weighted by molar-refractivity contribution is 7.89. The Hall–Kier alpha value is -6.16. The molecule has 0 bridgehead atoms. The Kier molecular flexibility index (Phi) is 15.4. The third-order valence-electron chi connectivity index (χ3n) is 14.0. The van der Waals surface area contributed by atoms with Crippen molar-refractivity contribution in [1.29, 1.82) is 0 Å². The molecule has 10 rings (SSSR count). The number of anilines is 4. The van der Waals surface area contributed by atoms with Gasteiger partial charge in [-0.15, -0.1) is 26.3 Å². The molecule has 2 fully saturated rings. The SMILES string of the molecule is O=S(=O)(N[C@@H]1CCC[C@H](N2c3ccccc3CCc3ccccc32)[C@H]1O)c1ccc(OC(F)(F)F)cc1.O=S(=O)(N[C@H]1CCC[C@@H](N2c3ccccc3CCc3ccccc32)[C@@H]1O)c1ccc(OC(F)(F)F)cc1. The first-order valence-corrected chi connectivity index (χ1v) is 27.2.